The summed E-state index contributed by atoms with van der Waals surface area (Å²) < 4.78 is 0. The van der Waals surface area contributed by atoms with E-state index in [0.29, 0.717) is 0 Å². The van der Waals surface area contributed by atoms with Gasteiger partial charge in [0.2, 0.25) is 0 Å². The first-order valence-corrected chi connectivity index (χ1v) is 3.70. The molecule has 0 unspecified atom stereocenters. The number of nitrogens with zero attached hydrogens (tertiary/aromatic N) is 1. The summed E-state index contributed by atoms with van der Waals surface area (Å²) in [7, 11) is 0. The van der Waals surface area contributed by atoms with Crippen molar-refractivity contribution in [2.75, 3.05) is 0 Å². The average molecular weight is 171 g/mol. The van der Waals surface area contributed by atoms with E-state index in [0.717, 1.165) is 18.6 Å². The Morgan fingerprint density at radius 1 is 1.50 bits per heavy atom. The zero-order valence-electron chi connectivity index (χ0n) is 7.26. The van der Waals surface area contributed by atoms with Crippen molar-refractivity contribution in [2.45, 2.75) is 26.7 Å². The van der Waals surface area contributed by atoms with Crippen LogP contribution in [0, 0.1) is 0 Å². The first-order chi connectivity index (χ1) is 5.57. The van der Waals surface area contributed by atoms with Gasteiger partial charge in [-0.1, -0.05) is 13.3 Å². The third-order valence-electron chi connectivity index (χ3n) is 1.18. The fraction of sp³-hybridized carbons (Fsp3) is 0.571. The molecule has 5 heteroatoms. The maximum absolute atomic E-state index is 10.6. The van der Waals surface area contributed by atoms with Crippen LogP contribution in [0.5, 0.6) is 0 Å². The smallest absolute Gasteiger partial charge is 0.329 e. The molecule has 0 aromatic rings. The Hall–Kier alpha value is -1.39. The van der Waals surface area contributed by atoms with Crippen LogP contribution in [0.15, 0.2) is 5.10 Å². The molecule has 5 nitrogen and oxygen atoms in total. The lowest BCUT2D eigenvalue weighted by Crippen LogP contribution is -2.33. The quantitative estimate of drug-likeness (QED) is 0.349. The van der Waals surface area contributed by atoms with Crippen LogP contribution in [0.25, 0.3) is 0 Å². The van der Waals surface area contributed by atoms with Gasteiger partial charge in [-0.2, -0.15) is 5.10 Å². The van der Waals surface area contributed by atoms with Gasteiger partial charge in [0.05, 0.1) is 0 Å². The Morgan fingerprint density at radius 2 is 2.08 bits per heavy atom. The molecule has 0 aromatic heterocycles. The molecule has 68 valence electrons. The molecule has 0 heterocycles. The van der Waals surface area contributed by atoms with Gasteiger partial charge in [0, 0.05) is 5.71 Å². The van der Waals surface area contributed by atoms with Gasteiger partial charge in [-0.25, -0.2) is 5.43 Å². The van der Waals surface area contributed by atoms with E-state index in [4.69, 9.17) is 0 Å². The van der Waals surface area contributed by atoms with Crippen LogP contribution in [0.1, 0.15) is 26.7 Å². The van der Waals surface area contributed by atoms with Crippen molar-refractivity contribution in [3.8, 4) is 0 Å². The molecule has 12 heavy (non-hydrogen) atoms. The second kappa shape index (κ2) is 5.29. The standard InChI is InChI=1S/C7H13N3O2/c1-3-4-5(2)9-10-7(12)6(8)11/h3-4H2,1-2H3,(H2,8,11)(H,10,12)/b9-5+. The Bertz CT molecular complexity index is 211. The molecule has 0 saturated carbocycles. The normalized spacial score (nSPS) is 11.0. The van der Waals surface area contributed by atoms with Gasteiger partial charge < -0.3 is 5.73 Å². The molecule has 3 N–H and O–H groups in total. The number of carbonyl (C=O) groups excluding carboxylic acids is 2. The molecule has 0 radical (unpaired) electrons. The molecule has 0 aliphatic rings. The number of hydrogen-bond acceptors (Lipinski definition) is 3. The van der Waals surface area contributed by atoms with Crippen molar-refractivity contribution in [3.63, 3.8) is 0 Å². The SMILES string of the molecule is CCC/C(C)=N/NC(=O)C(N)=O. The van der Waals surface area contributed by atoms with Gasteiger partial charge in [0.15, 0.2) is 0 Å². The van der Waals surface area contributed by atoms with Crippen LogP contribution in [-0.4, -0.2) is 17.5 Å². The summed E-state index contributed by atoms with van der Waals surface area (Å²) in [6.07, 6.45) is 1.74. The van der Waals surface area contributed by atoms with Crippen molar-refractivity contribution >= 4 is 17.5 Å². The van der Waals surface area contributed by atoms with E-state index in [2.05, 4.69) is 10.8 Å². The molecule has 0 atom stereocenters. The van der Waals surface area contributed by atoms with Gasteiger partial charge in [-0.15, -0.1) is 0 Å². The maximum atomic E-state index is 10.6. The fourth-order valence-electron chi connectivity index (χ4n) is 0.619. The van der Waals surface area contributed by atoms with Crippen molar-refractivity contribution < 1.29 is 9.59 Å². The Kier molecular flexibility index (Phi) is 4.67. The predicted molar refractivity (Wildman–Crippen MR) is 45.4 cm³/mol. The Labute approximate surface area is 71.0 Å². The first-order valence-electron chi connectivity index (χ1n) is 3.70. The number of amides is 2. The number of primary amides is 1. The van der Waals surface area contributed by atoms with Crippen molar-refractivity contribution in [1.82, 2.24) is 5.43 Å². The number of hydrogen-bond donors (Lipinski definition) is 2. The minimum atomic E-state index is -1.02. The molecule has 0 fully saturated rings. The van der Waals surface area contributed by atoms with E-state index >= 15 is 0 Å². The van der Waals surface area contributed by atoms with E-state index in [1.807, 2.05) is 12.3 Å². The lowest BCUT2D eigenvalue weighted by molar-refractivity contribution is -0.137. The highest BCUT2D eigenvalue weighted by atomic mass is 16.2. The lowest BCUT2D eigenvalue weighted by atomic mass is 10.2. The summed E-state index contributed by atoms with van der Waals surface area (Å²) in [5, 5.41) is 3.65. The molecule has 2 amide bonds. The first kappa shape index (κ1) is 10.6. The fourth-order valence-corrected chi connectivity index (χ4v) is 0.619. The van der Waals surface area contributed by atoms with Crippen LogP contribution in [0.4, 0.5) is 0 Å². The second-order valence-corrected chi connectivity index (χ2v) is 2.40. The van der Waals surface area contributed by atoms with Crippen LogP contribution in [-0.2, 0) is 9.59 Å². The van der Waals surface area contributed by atoms with Gasteiger partial charge in [-0.05, 0) is 13.3 Å². The molecular weight excluding hydrogens is 158 g/mol. The summed E-state index contributed by atoms with van der Waals surface area (Å²) in [5.41, 5.74) is 7.49. The van der Waals surface area contributed by atoms with Gasteiger partial charge in [0.25, 0.3) is 0 Å². The molecule has 0 aliphatic heterocycles. The highest BCUT2D eigenvalue weighted by molar-refractivity contribution is 6.34. The van der Waals surface area contributed by atoms with Gasteiger partial charge in [-0.3, -0.25) is 9.59 Å². The number of carbonyl (C=O) groups is 2. The minimum Gasteiger partial charge on any atom is -0.361 e. The molecule has 0 bridgehead atoms. The summed E-state index contributed by atoms with van der Waals surface area (Å²) in [6.45, 7) is 3.76. The van der Waals surface area contributed by atoms with Crippen molar-refractivity contribution in [3.05, 3.63) is 0 Å². The van der Waals surface area contributed by atoms with E-state index in [1.165, 1.54) is 0 Å². The number of hydrazone groups is 1. The van der Waals surface area contributed by atoms with Crippen LogP contribution >= 0.6 is 0 Å². The molecule has 0 saturated heterocycles. The van der Waals surface area contributed by atoms with Crippen LogP contribution in [0.2, 0.25) is 0 Å². The van der Waals surface area contributed by atoms with Gasteiger partial charge in [0.1, 0.15) is 0 Å². The van der Waals surface area contributed by atoms with Crippen LogP contribution < -0.4 is 11.2 Å². The third kappa shape index (κ3) is 4.43. The summed E-state index contributed by atoms with van der Waals surface area (Å²) in [5.74, 6) is -1.91. The maximum Gasteiger partial charge on any atom is 0.329 e. The molecule has 0 aliphatic carbocycles. The van der Waals surface area contributed by atoms with Crippen molar-refractivity contribution in [1.29, 1.82) is 0 Å². The monoisotopic (exact) mass is 171 g/mol. The highest BCUT2D eigenvalue weighted by Gasteiger charge is 2.05. The number of rotatable bonds is 3. The second-order valence-electron chi connectivity index (χ2n) is 2.40. The van der Waals surface area contributed by atoms with Crippen LogP contribution in [0.3, 0.4) is 0 Å². The lowest BCUT2D eigenvalue weighted by Gasteiger charge is -1.97. The minimum absolute atomic E-state index is 0.770. The topological polar surface area (TPSA) is 84.6 Å². The van der Waals surface area contributed by atoms with E-state index in [-0.39, 0.29) is 0 Å². The summed E-state index contributed by atoms with van der Waals surface area (Å²) in [6, 6.07) is 0. The Morgan fingerprint density at radius 3 is 2.50 bits per heavy atom. The molecule has 0 spiro atoms. The summed E-state index contributed by atoms with van der Waals surface area (Å²) >= 11 is 0. The highest BCUT2D eigenvalue weighted by Crippen LogP contribution is 1.88. The van der Waals surface area contributed by atoms with E-state index in [1.54, 1.807) is 6.92 Å². The number of nitrogens with two attached hydrogens (primary N) is 1. The van der Waals surface area contributed by atoms with E-state index < -0.39 is 11.8 Å². The summed E-state index contributed by atoms with van der Waals surface area (Å²) in [4.78, 5) is 20.8. The average Bonchev–Trinajstić information content (AvgIpc) is 2.00. The zero-order valence-corrected chi connectivity index (χ0v) is 7.26. The van der Waals surface area contributed by atoms with Crippen molar-refractivity contribution in [2.24, 2.45) is 10.8 Å². The molecular formula is C7H13N3O2. The van der Waals surface area contributed by atoms with E-state index in [9.17, 15) is 9.59 Å². The Balaban J connectivity index is 3.87. The third-order valence-corrected chi connectivity index (χ3v) is 1.18. The molecule has 0 aromatic carbocycles. The number of nitrogens with one attached hydrogen (secondary N) is 1. The predicted octanol–water partition coefficient (Wildman–Crippen LogP) is -0.236. The van der Waals surface area contributed by atoms with Gasteiger partial charge >= 0.3 is 11.8 Å². The zero-order chi connectivity index (χ0) is 9.56. The largest absolute Gasteiger partial charge is 0.361 e. The molecule has 0 rings (SSSR count).